The van der Waals surface area contributed by atoms with Gasteiger partial charge in [0.15, 0.2) is 12.4 Å². The topological polar surface area (TPSA) is 157 Å². The highest BCUT2D eigenvalue weighted by atomic mass is 16.2. The molecule has 0 spiro atoms. The Morgan fingerprint density at radius 2 is 1.45 bits per heavy atom. The average molecular weight is 712 g/mol. The van der Waals surface area contributed by atoms with Crippen molar-refractivity contribution in [3.8, 4) is 12.4 Å². The molecule has 7 rings (SSSR count). The zero-order chi connectivity index (χ0) is 37.0. The lowest BCUT2D eigenvalue weighted by Crippen LogP contribution is -2.37. The molecule has 3 aliphatic rings. The number of amides is 2. The maximum atomic E-state index is 12.4. The Balaban J connectivity index is 0.000000183. The summed E-state index contributed by atoms with van der Waals surface area (Å²) in [5.74, 6) is 1.92. The van der Waals surface area contributed by atoms with Gasteiger partial charge in [0.1, 0.15) is 17.3 Å². The van der Waals surface area contributed by atoms with Crippen LogP contribution in [0.3, 0.4) is 0 Å². The number of hydrogen-bond acceptors (Lipinski definition) is 11. The van der Waals surface area contributed by atoms with E-state index in [1.165, 1.54) is 11.1 Å². The summed E-state index contributed by atoms with van der Waals surface area (Å²) < 4.78 is 0. The summed E-state index contributed by atoms with van der Waals surface area (Å²) >= 11 is 0. The van der Waals surface area contributed by atoms with Crippen LogP contribution < -0.4 is 20.4 Å². The lowest BCUT2D eigenvalue weighted by atomic mass is 9.90. The first kappa shape index (κ1) is 36.6. The molecule has 3 fully saturated rings. The van der Waals surface area contributed by atoms with E-state index in [1.807, 2.05) is 66.8 Å². The van der Waals surface area contributed by atoms with Gasteiger partial charge in [0.05, 0.1) is 5.56 Å². The van der Waals surface area contributed by atoms with Crippen molar-refractivity contribution in [1.29, 1.82) is 10.5 Å². The fourth-order valence-corrected chi connectivity index (χ4v) is 6.95. The number of nitrogens with one attached hydrogen (secondary N) is 2. The van der Waals surface area contributed by atoms with Crippen LogP contribution in [0.15, 0.2) is 91.4 Å². The molecule has 0 aliphatic carbocycles. The van der Waals surface area contributed by atoms with Gasteiger partial charge in [-0.3, -0.25) is 14.6 Å². The van der Waals surface area contributed by atoms with Crippen molar-refractivity contribution in [2.24, 2.45) is 0 Å². The number of benzene rings is 1. The summed E-state index contributed by atoms with van der Waals surface area (Å²) in [5, 5.41) is 23.8. The lowest BCUT2D eigenvalue weighted by Gasteiger charge is -2.33. The van der Waals surface area contributed by atoms with Crippen molar-refractivity contribution < 1.29 is 9.59 Å². The molecular formula is C40H45N11O2. The first-order valence-electron chi connectivity index (χ1n) is 18.1. The van der Waals surface area contributed by atoms with E-state index in [-0.39, 0.29) is 23.9 Å². The minimum Gasteiger partial charge on any atom is -0.357 e. The van der Waals surface area contributed by atoms with Crippen LogP contribution >= 0.6 is 0 Å². The summed E-state index contributed by atoms with van der Waals surface area (Å²) in [4.78, 5) is 45.6. The maximum absolute atomic E-state index is 12.4. The molecule has 0 bridgehead atoms. The van der Waals surface area contributed by atoms with Gasteiger partial charge in [-0.05, 0) is 79.1 Å². The Bertz CT molecular complexity index is 1890. The molecule has 272 valence electrons. The van der Waals surface area contributed by atoms with Crippen molar-refractivity contribution in [2.75, 3.05) is 56.1 Å². The van der Waals surface area contributed by atoms with Gasteiger partial charge in [-0.25, -0.2) is 9.97 Å². The molecule has 2 N–H and O–H groups in total. The van der Waals surface area contributed by atoms with Gasteiger partial charge in [0.2, 0.25) is 0 Å². The highest BCUT2D eigenvalue weighted by Gasteiger charge is 2.26. The van der Waals surface area contributed by atoms with Crippen LogP contribution in [-0.2, 0) is 6.54 Å². The van der Waals surface area contributed by atoms with Crippen molar-refractivity contribution in [1.82, 2.24) is 35.4 Å². The molecule has 3 aromatic heterocycles. The SMILES string of the molecule is CN(Cc1ccccc1)c1cccc(C(=O)NC2CCN(C#N)C2)n1.N#CN1CCC(NC(=O)c2ccc(N3CCC(c4ccncc4)CC3)nc2)C1. The maximum Gasteiger partial charge on any atom is 0.270 e. The molecule has 0 radical (unpaired) electrons. The molecule has 2 amide bonds. The molecule has 2 atom stereocenters. The average Bonchev–Trinajstić information content (AvgIpc) is 3.88. The number of nitrogens with zero attached hydrogens (tertiary/aromatic N) is 9. The number of nitriles is 2. The predicted octanol–water partition coefficient (Wildman–Crippen LogP) is 4.15. The largest absolute Gasteiger partial charge is 0.357 e. The van der Waals surface area contributed by atoms with Crippen molar-refractivity contribution in [3.05, 3.63) is 114 Å². The molecule has 3 aliphatic heterocycles. The second kappa shape index (κ2) is 17.8. The summed E-state index contributed by atoms with van der Waals surface area (Å²) in [6.07, 6.45) is 13.4. The lowest BCUT2D eigenvalue weighted by molar-refractivity contribution is 0.0927. The van der Waals surface area contributed by atoms with Crippen LogP contribution in [0.2, 0.25) is 0 Å². The van der Waals surface area contributed by atoms with E-state index in [0.717, 1.165) is 57.0 Å². The van der Waals surface area contributed by atoms with Gasteiger partial charge in [-0.2, -0.15) is 10.5 Å². The number of likely N-dealkylation sites (tertiary alicyclic amines) is 2. The third-order valence-corrected chi connectivity index (χ3v) is 9.96. The Hall–Kier alpha value is -6.21. The first-order valence-corrected chi connectivity index (χ1v) is 18.1. The third-order valence-electron chi connectivity index (χ3n) is 9.96. The summed E-state index contributed by atoms with van der Waals surface area (Å²) in [6.45, 7) is 5.17. The zero-order valence-corrected chi connectivity index (χ0v) is 30.0. The Kier molecular flexibility index (Phi) is 12.3. The van der Waals surface area contributed by atoms with Gasteiger partial charge in [-0.15, -0.1) is 0 Å². The van der Waals surface area contributed by atoms with Crippen molar-refractivity contribution >= 4 is 23.5 Å². The summed E-state index contributed by atoms with van der Waals surface area (Å²) in [6, 6.07) is 23.6. The third kappa shape index (κ3) is 9.98. The monoisotopic (exact) mass is 711 g/mol. The highest BCUT2D eigenvalue weighted by molar-refractivity contribution is 5.94. The van der Waals surface area contributed by atoms with Crippen LogP contribution in [0.1, 0.15) is 63.6 Å². The van der Waals surface area contributed by atoms with Gasteiger partial charge in [0, 0.05) is 83.5 Å². The van der Waals surface area contributed by atoms with Gasteiger partial charge < -0.3 is 30.2 Å². The summed E-state index contributed by atoms with van der Waals surface area (Å²) in [5.41, 5.74) is 3.50. The van der Waals surface area contributed by atoms with E-state index in [1.54, 1.807) is 22.1 Å². The Morgan fingerprint density at radius 1 is 0.792 bits per heavy atom. The fourth-order valence-electron chi connectivity index (χ4n) is 6.95. The van der Waals surface area contributed by atoms with Gasteiger partial charge in [-0.1, -0.05) is 36.4 Å². The van der Waals surface area contributed by atoms with Crippen molar-refractivity contribution in [2.45, 2.75) is 50.2 Å². The van der Waals surface area contributed by atoms with E-state index in [9.17, 15) is 9.59 Å². The smallest absolute Gasteiger partial charge is 0.270 e. The second-order valence-electron chi connectivity index (χ2n) is 13.7. The summed E-state index contributed by atoms with van der Waals surface area (Å²) in [7, 11) is 1.96. The number of piperidine rings is 1. The second-order valence-corrected chi connectivity index (χ2v) is 13.7. The number of anilines is 2. The Morgan fingerprint density at radius 3 is 2.06 bits per heavy atom. The number of carbonyl (C=O) groups excluding carboxylic acids is 2. The molecular weight excluding hydrogens is 667 g/mol. The van der Waals surface area contributed by atoms with Gasteiger partial charge >= 0.3 is 0 Å². The molecule has 0 saturated carbocycles. The number of hydrogen-bond donors (Lipinski definition) is 2. The molecule has 53 heavy (non-hydrogen) atoms. The number of carbonyl (C=O) groups is 2. The van der Waals surface area contributed by atoms with Crippen LogP contribution in [0.4, 0.5) is 11.6 Å². The van der Waals surface area contributed by atoms with Crippen molar-refractivity contribution in [3.63, 3.8) is 0 Å². The van der Waals surface area contributed by atoms with Crippen LogP contribution in [0.25, 0.3) is 0 Å². The number of pyridine rings is 3. The molecule has 1 aromatic carbocycles. The fraction of sp³-hybridized carbons (Fsp3) is 0.375. The minimum atomic E-state index is -0.195. The van der Waals surface area contributed by atoms with E-state index in [2.05, 4.69) is 67.1 Å². The first-order chi connectivity index (χ1) is 25.9. The van der Waals surface area contributed by atoms with E-state index >= 15 is 0 Å². The van der Waals surface area contributed by atoms with E-state index < -0.39 is 0 Å². The quantitative estimate of drug-likeness (QED) is 0.241. The standard InChI is InChI=1S/C21H24N6O.C19H21N5O/c22-15-26-10-7-19(14-26)25-21(28)18-1-2-20(24-13-18)27-11-5-17(6-12-27)16-3-8-23-9-4-16;1-23(12-15-6-3-2-4-7-15)18-9-5-8-17(22-18)19(25)21-16-10-11-24(13-16)14-20/h1-4,8-9,13,17,19H,5-7,10-12,14H2,(H,25,28);2-9,16H,10-13H2,1H3,(H,21,25). The molecule has 4 aromatic rings. The minimum absolute atomic E-state index is 0.000320. The zero-order valence-electron chi connectivity index (χ0n) is 30.0. The van der Waals surface area contributed by atoms with Gasteiger partial charge in [0.25, 0.3) is 11.8 Å². The van der Waals surface area contributed by atoms with Crippen LogP contribution in [0.5, 0.6) is 0 Å². The van der Waals surface area contributed by atoms with E-state index in [4.69, 9.17) is 10.5 Å². The Labute approximate surface area is 310 Å². The van der Waals surface area contributed by atoms with Crippen LogP contribution in [-0.4, -0.2) is 95.0 Å². The number of rotatable bonds is 9. The van der Waals surface area contributed by atoms with E-state index in [0.29, 0.717) is 43.4 Å². The normalized spacial score (nSPS) is 18.3. The molecule has 3 saturated heterocycles. The molecule has 6 heterocycles. The van der Waals surface area contributed by atoms with Crippen LogP contribution in [0, 0.1) is 22.9 Å². The number of aromatic nitrogens is 3. The molecule has 2 unspecified atom stereocenters. The molecule has 13 nitrogen and oxygen atoms in total. The highest BCUT2D eigenvalue weighted by Crippen LogP contribution is 2.29. The predicted molar refractivity (Wildman–Crippen MR) is 202 cm³/mol. The molecule has 13 heteroatoms.